The summed E-state index contributed by atoms with van der Waals surface area (Å²) in [5, 5.41) is 0.0928. The van der Waals surface area contributed by atoms with Crippen molar-refractivity contribution in [1.29, 1.82) is 0 Å². The number of nitrogens with zero attached hydrogens (tertiary/aromatic N) is 1. The first kappa shape index (κ1) is 12.0. The molecule has 1 aliphatic rings. The number of hydrogen-bond donors (Lipinski definition) is 0. The van der Waals surface area contributed by atoms with Crippen LogP contribution >= 0.6 is 27.7 Å². The molecule has 1 fully saturated rings. The molecule has 0 bridgehead atoms. The summed E-state index contributed by atoms with van der Waals surface area (Å²) in [6.07, 6.45) is 0. The van der Waals surface area contributed by atoms with Crippen LogP contribution in [-0.4, -0.2) is 36.4 Å². The molecule has 0 unspecified atom stereocenters. The van der Waals surface area contributed by atoms with E-state index in [1.54, 1.807) is 0 Å². The minimum Gasteiger partial charge on any atom is -0.378 e. The highest BCUT2D eigenvalue weighted by atomic mass is 79.9. The molecular formula is C11H12BrNO2S. The van der Waals surface area contributed by atoms with Crippen LogP contribution in [0.15, 0.2) is 33.6 Å². The number of halogens is 1. The third-order valence-electron chi connectivity index (χ3n) is 2.30. The molecule has 0 aliphatic carbocycles. The normalized spacial score (nSPS) is 16.2. The van der Waals surface area contributed by atoms with E-state index in [1.165, 1.54) is 11.8 Å². The molecule has 3 nitrogen and oxygen atoms in total. The van der Waals surface area contributed by atoms with Crippen LogP contribution in [0.25, 0.3) is 0 Å². The smallest absolute Gasteiger partial charge is 0.286 e. The Labute approximate surface area is 107 Å². The number of ether oxygens (including phenoxy) is 1. The Morgan fingerprint density at radius 2 is 2.00 bits per heavy atom. The molecule has 0 radical (unpaired) electrons. The highest BCUT2D eigenvalue weighted by molar-refractivity contribution is 9.10. The summed E-state index contributed by atoms with van der Waals surface area (Å²) in [5.41, 5.74) is 0. The first-order valence-corrected chi connectivity index (χ1v) is 6.67. The van der Waals surface area contributed by atoms with E-state index in [0.29, 0.717) is 26.3 Å². The van der Waals surface area contributed by atoms with E-state index in [-0.39, 0.29) is 5.24 Å². The van der Waals surface area contributed by atoms with Gasteiger partial charge in [-0.05, 0) is 39.8 Å². The number of carbonyl (C=O) groups excluding carboxylic acids is 1. The summed E-state index contributed by atoms with van der Waals surface area (Å²) in [6, 6.07) is 7.75. The lowest BCUT2D eigenvalue weighted by Crippen LogP contribution is -2.38. The van der Waals surface area contributed by atoms with E-state index in [0.717, 1.165) is 9.37 Å². The van der Waals surface area contributed by atoms with Gasteiger partial charge in [-0.1, -0.05) is 12.1 Å². The second-order valence-corrected chi connectivity index (χ2v) is 5.25. The second kappa shape index (κ2) is 5.70. The van der Waals surface area contributed by atoms with Gasteiger partial charge in [-0.2, -0.15) is 0 Å². The zero-order valence-corrected chi connectivity index (χ0v) is 11.1. The van der Waals surface area contributed by atoms with E-state index in [9.17, 15) is 4.79 Å². The Morgan fingerprint density at radius 3 is 2.69 bits per heavy atom. The first-order valence-electron chi connectivity index (χ1n) is 5.06. The lowest BCUT2D eigenvalue weighted by Gasteiger charge is -2.26. The van der Waals surface area contributed by atoms with Crippen LogP contribution in [0.5, 0.6) is 0 Å². The monoisotopic (exact) mass is 301 g/mol. The average molecular weight is 302 g/mol. The highest BCUT2D eigenvalue weighted by Crippen LogP contribution is 2.29. The van der Waals surface area contributed by atoms with E-state index in [4.69, 9.17) is 4.74 Å². The lowest BCUT2D eigenvalue weighted by atomic mass is 10.4. The van der Waals surface area contributed by atoms with Crippen LogP contribution in [0.2, 0.25) is 0 Å². The second-order valence-electron chi connectivity index (χ2n) is 3.40. The van der Waals surface area contributed by atoms with Gasteiger partial charge in [0, 0.05) is 22.5 Å². The maximum absolute atomic E-state index is 11.9. The lowest BCUT2D eigenvalue weighted by molar-refractivity contribution is 0.0593. The summed E-state index contributed by atoms with van der Waals surface area (Å²) >= 11 is 4.69. The SMILES string of the molecule is O=C(Sc1ccccc1Br)N1CCOCC1. The molecule has 0 atom stereocenters. The van der Waals surface area contributed by atoms with Crippen molar-refractivity contribution < 1.29 is 9.53 Å². The van der Waals surface area contributed by atoms with Crippen LogP contribution in [0.1, 0.15) is 0 Å². The van der Waals surface area contributed by atoms with E-state index < -0.39 is 0 Å². The maximum atomic E-state index is 11.9. The van der Waals surface area contributed by atoms with E-state index in [2.05, 4.69) is 15.9 Å². The van der Waals surface area contributed by atoms with E-state index in [1.807, 2.05) is 29.2 Å². The fourth-order valence-electron chi connectivity index (χ4n) is 1.43. The summed E-state index contributed by atoms with van der Waals surface area (Å²) in [4.78, 5) is 14.7. The molecular weight excluding hydrogens is 290 g/mol. The van der Waals surface area contributed by atoms with Crippen molar-refractivity contribution in [1.82, 2.24) is 4.90 Å². The highest BCUT2D eigenvalue weighted by Gasteiger charge is 2.18. The fourth-order valence-corrected chi connectivity index (χ4v) is 2.77. The molecule has 1 aromatic rings. The molecule has 2 rings (SSSR count). The van der Waals surface area contributed by atoms with Crippen LogP contribution in [-0.2, 0) is 4.74 Å². The van der Waals surface area contributed by atoms with Crippen LogP contribution in [0.4, 0.5) is 4.79 Å². The van der Waals surface area contributed by atoms with Crippen molar-refractivity contribution in [2.45, 2.75) is 4.90 Å². The summed E-state index contributed by atoms with van der Waals surface area (Å²) in [5.74, 6) is 0. The molecule has 1 aromatic carbocycles. The first-order chi connectivity index (χ1) is 7.77. The van der Waals surface area contributed by atoms with Crippen molar-refractivity contribution in [2.75, 3.05) is 26.3 Å². The van der Waals surface area contributed by atoms with Gasteiger partial charge < -0.3 is 9.64 Å². The number of thioether (sulfide) groups is 1. The van der Waals surface area contributed by atoms with Crippen molar-refractivity contribution in [3.8, 4) is 0 Å². The Kier molecular flexibility index (Phi) is 4.26. The Hall–Kier alpha value is -0.520. The van der Waals surface area contributed by atoms with Gasteiger partial charge in [0.25, 0.3) is 5.24 Å². The standard InChI is InChI=1S/C11H12BrNO2S/c12-9-3-1-2-4-10(9)16-11(14)13-5-7-15-8-6-13/h1-4H,5-8H2. The molecule has 86 valence electrons. The number of hydrogen-bond acceptors (Lipinski definition) is 3. The van der Waals surface area contributed by atoms with Crippen molar-refractivity contribution >= 4 is 32.9 Å². The van der Waals surface area contributed by atoms with Gasteiger partial charge >= 0.3 is 0 Å². The van der Waals surface area contributed by atoms with Crippen molar-refractivity contribution in [3.05, 3.63) is 28.7 Å². The fraction of sp³-hybridized carbons (Fsp3) is 0.364. The Bertz CT molecular complexity index is 380. The summed E-state index contributed by atoms with van der Waals surface area (Å²) < 4.78 is 6.17. The van der Waals surface area contributed by atoms with Gasteiger partial charge in [0.05, 0.1) is 13.2 Å². The minimum atomic E-state index is 0.0928. The summed E-state index contributed by atoms with van der Waals surface area (Å²) in [7, 11) is 0. The topological polar surface area (TPSA) is 29.5 Å². The van der Waals surface area contributed by atoms with Crippen LogP contribution in [0.3, 0.4) is 0 Å². The van der Waals surface area contributed by atoms with Crippen molar-refractivity contribution in [3.63, 3.8) is 0 Å². The molecule has 16 heavy (non-hydrogen) atoms. The molecule has 5 heteroatoms. The van der Waals surface area contributed by atoms with E-state index >= 15 is 0 Å². The number of amides is 1. The number of carbonyl (C=O) groups is 1. The maximum Gasteiger partial charge on any atom is 0.286 e. The largest absolute Gasteiger partial charge is 0.378 e. The molecule has 1 aliphatic heterocycles. The predicted molar refractivity (Wildman–Crippen MR) is 67.8 cm³/mol. The van der Waals surface area contributed by atoms with Gasteiger partial charge in [0.1, 0.15) is 0 Å². The molecule has 0 N–H and O–H groups in total. The van der Waals surface area contributed by atoms with Crippen LogP contribution in [0, 0.1) is 0 Å². The Morgan fingerprint density at radius 1 is 1.31 bits per heavy atom. The van der Waals surface area contributed by atoms with Gasteiger partial charge in [0.15, 0.2) is 0 Å². The molecule has 0 spiro atoms. The predicted octanol–water partition coefficient (Wildman–Crippen LogP) is 2.99. The molecule has 0 saturated carbocycles. The average Bonchev–Trinajstić information content (AvgIpc) is 2.33. The zero-order valence-electron chi connectivity index (χ0n) is 8.69. The van der Waals surface area contributed by atoms with Gasteiger partial charge in [-0.15, -0.1) is 0 Å². The molecule has 1 heterocycles. The van der Waals surface area contributed by atoms with Crippen LogP contribution < -0.4 is 0 Å². The third kappa shape index (κ3) is 2.99. The number of morpholine rings is 1. The Balaban J connectivity index is 1.99. The third-order valence-corrected chi connectivity index (χ3v) is 4.27. The number of benzene rings is 1. The summed E-state index contributed by atoms with van der Waals surface area (Å²) in [6.45, 7) is 2.66. The van der Waals surface area contributed by atoms with Crippen molar-refractivity contribution in [2.24, 2.45) is 0 Å². The van der Waals surface area contributed by atoms with Gasteiger partial charge in [0.2, 0.25) is 0 Å². The molecule has 1 amide bonds. The zero-order chi connectivity index (χ0) is 11.4. The quantitative estimate of drug-likeness (QED) is 0.747. The van der Waals surface area contributed by atoms with Gasteiger partial charge in [-0.3, -0.25) is 4.79 Å². The molecule has 0 aromatic heterocycles. The minimum absolute atomic E-state index is 0.0928. The van der Waals surface area contributed by atoms with Gasteiger partial charge in [-0.25, -0.2) is 0 Å². The number of rotatable bonds is 1. The molecule has 1 saturated heterocycles.